The lowest BCUT2D eigenvalue weighted by molar-refractivity contribution is 0.0734. The molecule has 0 spiro atoms. The van der Waals surface area contributed by atoms with Crippen molar-refractivity contribution in [3.8, 4) is 17.2 Å². The molecule has 0 heterocycles. The maximum Gasteiger partial charge on any atom is 0.343 e. The van der Waals surface area contributed by atoms with Crippen molar-refractivity contribution in [1.82, 2.24) is 0 Å². The van der Waals surface area contributed by atoms with E-state index < -0.39 is 5.97 Å². The number of ketones is 1. The van der Waals surface area contributed by atoms with Crippen LogP contribution in [0.15, 0.2) is 36.4 Å². The summed E-state index contributed by atoms with van der Waals surface area (Å²) in [6.07, 6.45) is 0. The Kier molecular flexibility index (Phi) is 5.01. The molecule has 0 fully saturated rings. The van der Waals surface area contributed by atoms with Crippen LogP contribution < -0.4 is 14.2 Å². The van der Waals surface area contributed by atoms with Gasteiger partial charge < -0.3 is 14.2 Å². The summed E-state index contributed by atoms with van der Waals surface area (Å²) >= 11 is 0. The lowest BCUT2D eigenvalue weighted by atomic mass is 10.1. The summed E-state index contributed by atoms with van der Waals surface area (Å²) in [5.41, 5.74) is 1.68. The van der Waals surface area contributed by atoms with Crippen molar-refractivity contribution in [3.05, 3.63) is 53.1 Å². The van der Waals surface area contributed by atoms with Gasteiger partial charge in [-0.3, -0.25) is 4.79 Å². The minimum absolute atomic E-state index is 0.0455. The fourth-order valence-electron chi connectivity index (χ4n) is 2.13. The zero-order valence-corrected chi connectivity index (χ0v) is 13.5. The molecule has 0 saturated carbocycles. The highest BCUT2D eigenvalue weighted by atomic mass is 16.5. The maximum absolute atomic E-state index is 12.3. The van der Waals surface area contributed by atoms with Gasteiger partial charge in [-0.2, -0.15) is 0 Å². The summed E-state index contributed by atoms with van der Waals surface area (Å²) in [6.45, 7) is 3.32. The van der Waals surface area contributed by atoms with Crippen LogP contribution in [0.4, 0.5) is 0 Å². The Morgan fingerprint density at radius 1 is 0.870 bits per heavy atom. The third kappa shape index (κ3) is 3.69. The van der Waals surface area contributed by atoms with Gasteiger partial charge in [-0.05, 0) is 50.2 Å². The SMILES string of the molecule is COc1cc(C(=O)Oc2ccc(C(C)=O)cc2)cc(OC)c1C. The van der Waals surface area contributed by atoms with E-state index >= 15 is 0 Å². The Morgan fingerprint density at radius 2 is 1.39 bits per heavy atom. The molecule has 0 atom stereocenters. The summed E-state index contributed by atoms with van der Waals surface area (Å²) in [6, 6.07) is 9.59. The highest BCUT2D eigenvalue weighted by molar-refractivity contribution is 5.95. The molecule has 23 heavy (non-hydrogen) atoms. The van der Waals surface area contributed by atoms with E-state index in [9.17, 15) is 9.59 Å². The Hall–Kier alpha value is -2.82. The second-order valence-corrected chi connectivity index (χ2v) is 4.98. The van der Waals surface area contributed by atoms with Crippen LogP contribution in [0.1, 0.15) is 33.2 Å². The van der Waals surface area contributed by atoms with Crippen molar-refractivity contribution in [2.75, 3.05) is 14.2 Å². The highest BCUT2D eigenvalue weighted by Crippen LogP contribution is 2.30. The van der Waals surface area contributed by atoms with E-state index in [4.69, 9.17) is 14.2 Å². The van der Waals surface area contributed by atoms with E-state index in [1.54, 1.807) is 36.4 Å². The van der Waals surface area contributed by atoms with Gasteiger partial charge in [-0.15, -0.1) is 0 Å². The fraction of sp³-hybridized carbons (Fsp3) is 0.222. The number of methoxy groups -OCH3 is 2. The van der Waals surface area contributed by atoms with Gasteiger partial charge in [0.25, 0.3) is 0 Å². The van der Waals surface area contributed by atoms with E-state index in [-0.39, 0.29) is 5.78 Å². The molecular formula is C18H18O5. The van der Waals surface area contributed by atoms with E-state index in [1.165, 1.54) is 21.1 Å². The van der Waals surface area contributed by atoms with Gasteiger partial charge >= 0.3 is 5.97 Å². The standard InChI is InChI=1S/C18H18O5/c1-11-16(21-3)9-14(10-17(11)22-4)18(20)23-15-7-5-13(6-8-15)12(2)19/h5-10H,1-4H3. The molecule has 5 heteroatoms. The average Bonchev–Trinajstić information content (AvgIpc) is 2.55. The van der Waals surface area contributed by atoms with E-state index in [0.29, 0.717) is 28.4 Å². The van der Waals surface area contributed by atoms with Crippen molar-refractivity contribution in [1.29, 1.82) is 0 Å². The van der Waals surface area contributed by atoms with Crippen LogP contribution in [0, 0.1) is 6.92 Å². The molecule has 0 aliphatic carbocycles. The molecular weight excluding hydrogens is 296 g/mol. The number of carbonyl (C=O) groups is 2. The van der Waals surface area contributed by atoms with Crippen molar-refractivity contribution < 1.29 is 23.8 Å². The van der Waals surface area contributed by atoms with Gasteiger partial charge in [0.05, 0.1) is 19.8 Å². The zero-order valence-electron chi connectivity index (χ0n) is 13.5. The summed E-state index contributed by atoms with van der Waals surface area (Å²) in [7, 11) is 3.05. The lowest BCUT2D eigenvalue weighted by Gasteiger charge is -2.12. The van der Waals surface area contributed by atoms with Crippen LogP contribution in [-0.2, 0) is 0 Å². The molecule has 2 rings (SSSR count). The van der Waals surface area contributed by atoms with Crippen molar-refractivity contribution in [2.45, 2.75) is 13.8 Å². The Balaban J connectivity index is 2.25. The largest absolute Gasteiger partial charge is 0.496 e. The summed E-state index contributed by atoms with van der Waals surface area (Å²) < 4.78 is 15.8. The van der Waals surface area contributed by atoms with E-state index in [2.05, 4.69) is 0 Å². The monoisotopic (exact) mass is 314 g/mol. The quantitative estimate of drug-likeness (QED) is 0.480. The van der Waals surface area contributed by atoms with Crippen molar-refractivity contribution in [2.24, 2.45) is 0 Å². The first kappa shape index (κ1) is 16.5. The Bertz CT molecular complexity index is 707. The number of esters is 1. The molecule has 2 aromatic carbocycles. The van der Waals surface area contributed by atoms with Crippen LogP contribution in [0.5, 0.6) is 17.2 Å². The highest BCUT2D eigenvalue weighted by Gasteiger charge is 2.15. The smallest absolute Gasteiger partial charge is 0.343 e. The van der Waals surface area contributed by atoms with Crippen LogP contribution in [0.2, 0.25) is 0 Å². The number of Topliss-reactive ketones (excluding diaryl/α,β-unsaturated/α-hetero) is 1. The molecule has 0 aliphatic rings. The number of hydrogen-bond donors (Lipinski definition) is 0. The maximum atomic E-state index is 12.3. The predicted octanol–water partition coefficient (Wildman–Crippen LogP) is 3.43. The second kappa shape index (κ2) is 6.96. The molecule has 0 N–H and O–H groups in total. The second-order valence-electron chi connectivity index (χ2n) is 4.98. The van der Waals surface area contributed by atoms with Gasteiger partial charge in [-0.1, -0.05) is 0 Å². The first-order chi connectivity index (χ1) is 11.0. The van der Waals surface area contributed by atoms with Gasteiger partial charge in [-0.25, -0.2) is 4.79 Å². The minimum Gasteiger partial charge on any atom is -0.496 e. The number of carbonyl (C=O) groups excluding carboxylic acids is 2. The van der Waals surface area contributed by atoms with Crippen molar-refractivity contribution in [3.63, 3.8) is 0 Å². The third-order valence-electron chi connectivity index (χ3n) is 3.46. The summed E-state index contributed by atoms with van der Waals surface area (Å²) in [5.74, 6) is 0.873. The average molecular weight is 314 g/mol. The molecule has 120 valence electrons. The summed E-state index contributed by atoms with van der Waals surface area (Å²) in [5, 5.41) is 0. The minimum atomic E-state index is -0.530. The van der Waals surface area contributed by atoms with Crippen LogP contribution in [0.3, 0.4) is 0 Å². The normalized spacial score (nSPS) is 10.1. The number of benzene rings is 2. The number of rotatable bonds is 5. The Morgan fingerprint density at radius 3 is 1.83 bits per heavy atom. The molecule has 0 saturated heterocycles. The van der Waals surface area contributed by atoms with Gasteiger partial charge in [0.1, 0.15) is 17.2 Å². The topological polar surface area (TPSA) is 61.8 Å². The molecule has 0 aliphatic heterocycles. The summed E-state index contributed by atoms with van der Waals surface area (Å²) in [4.78, 5) is 23.5. The predicted molar refractivity (Wildman–Crippen MR) is 85.7 cm³/mol. The van der Waals surface area contributed by atoms with Gasteiger partial charge in [0, 0.05) is 11.1 Å². The van der Waals surface area contributed by atoms with Crippen LogP contribution in [-0.4, -0.2) is 26.0 Å². The first-order valence-electron chi connectivity index (χ1n) is 7.02. The van der Waals surface area contributed by atoms with Gasteiger partial charge in [0.15, 0.2) is 5.78 Å². The molecule has 0 radical (unpaired) electrons. The third-order valence-corrected chi connectivity index (χ3v) is 3.46. The molecule has 0 amide bonds. The van der Waals surface area contributed by atoms with Gasteiger partial charge in [0.2, 0.25) is 0 Å². The molecule has 0 bridgehead atoms. The number of ether oxygens (including phenoxy) is 3. The molecule has 2 aromatic rings. The lowest BCUT2D eigenvalue weighted by Crippen LogP contribution is -2.09. The van der Waals surface area contributed by atoms with E-state index in [1.807, 2.05) is 6.92 Å². The van der Waals surface area contributed by atoms with Crippen LogP contribution in [0.25, 0.3) is 0 Å². The first-order valence-corrected chi connectivity index (χ1v) is 7.02. The Labute approximate surface area is 134 Å². The molecule has 5 nitrogen and oxygen atoms in total. The molecule has 0 aromatic heterocycles. The molecule has 0 unspecified atom stereocenters. The van der Waals surface area contributed by atoms with E-state index in [0.717, 1.165) is 5.56 Å². The zero-order chi connectivity index (χ0) is 17.0. The van der Waals surface area contributed by atoms with Crippen LogP contribution >= 0.6 is 0 Å². The fourth-order valence-corrected chi connectivity index (χ4v) is 2.13. The van der Waals surface area contributed by atoms with Crippen molar-refractivity contribution >= 4 is 11.8 Å². The number of hydrogen-bond acceptors (Lipinski definition) is 5.